The molecule has 4 rings (SSSR count). The third-order valence-corrected chi connectivity index (χ3v) is 8.87. The van der Waals surface area contributed by atoms with Crippen molar-refractivity contribution in [1.82, 2.24) is 4.90 Å². The quantitative estimate of drug-likeness (QED) is 0.646. The summed E-state index contributed by atoms with van der Waals surface area (Å²) in [6.45, 7) is 9.92. The molecular weight excluding hydrogens is 374 g/mol. The highest BCUT2D eigenvalue weighted by atomic mass is 16.3. The van der Waals surface area contributed by atoms with E-state index in [1.54, 1.807) is 5.57 Å². The Labute approximate surface area is 183 Å². The van der Waals surface area contributed by atoms with Gasteiger partial charge in [-0.15, -0.1) is 0 Å². The van der Waals surface area contributed by atoms with Crippen LogP contribution >= 0.6 is 0 Å². The smallest absolute Gasteiger partial charge is 0.0758 e. The monoisotopic (exact) mass is 417 g/mol. The van der Waals surface area contributed by atoms with Crippen LogP contribution in [0.3, 0.4) is 0 Å². The summed E-state index contributed by atoms with van der Waals surface area (Å²) in [4.78, 5) is 2.48. The Morgan fingerprint density at radius 2 is 1.83 bits per heavy atom. The molecule has 170 valence electrons. The molecule has 0 spiro atoms. The van der Waals surface area contributed by atoms with Crippen molar-refractivity contribution in [2.45, 2.75) is 96.4 Å². The number of hydrogen-bond acceptors (Lipinski definition) is 4. The van der Waals surface area contributed by atoms with Gasteiger partial charge in [0.25, 0.3) is 0 Å². The van der Waals surface area contributed by atoms with Crippen LogP contribution in [0.5, 0.6) is 0 Å². The lowest BCUT2D eigenvalue weighted by Gasteiger charge is -2.45. The summed E-state index contributed by atoms with van der Waals surface area (Å²) >= 11 is 0. The molecule has 0 bridgehead atoms. The minimum absolute atomic E-state index is 0.385. The highest BCUT2D eigenvalue weighted by Crippen LogP contribution is 2.59. The van der Waals surface area contributed by atoms with Crippen LogP contribution in [0.15, 0.2) is 23.3 Å². The molecule has 3 saturated carbocycles. The standard InChI is InChI=1S/C26H43NO3/c1-18(16-27-12-11-25(2,30)17-27)23-8-9-24-20(5-4-10-26(23,24)3)7-6-19-13-21(28)15-22(29)14-19/h6-7,18,21-24,28-30H,4-5,8-17H2,1-3H3/b19-6-,20-7+/t18?,21-,22+,23-,24+,25-,26-/m1/s1. The third-order valence-electron chi connectivity index (χ3n) is 8.87. The van der Waals surface area contributed by atoms with Gasteiger partial charge >= 0.3 is 0 Å². The van der Waals surface area contributed by atoms with E-state index in [4.69, 9.17) is 0 Å². The third kappa shape index (κ3) is 4.72. The number of rotatable bonds is 4. The average Bonchev–Trinajstić information content (AvgIpc) is 3.18. The minimum atomic E-state index is -0.504. The van der Waals surface area contributed by atoms with E-state index < -0.39 is 17.8 Å². The van der Waals surface area contributed by atoms with E-state index in [1.807, 2.05) is 6.92 Å². The second-order valence-electron chi connectivity index (χ2n) is 11.6. The van der Waals surface area contributed by atoms with Crippen molar-refractivity contribution >= 4 is 0 Å². The maximum atomic E-state index is 10.3. The van der Waals surface area contributed by atoms with E-state index in [9.17, 15) is 15.3 Å². The van der Waals surface area contributed by atoms with Gasteiger partial charge in [-0.05, 0) is 87.9 Å². The van der Waals surface area contributed by atoms with E-state index >= 15 is 0 Å². The predicted molar refractivity (Wildman–Crippen MR) is 121 cm³/mol. The fourth-order valence-electron chi connectivity index (χ4n) is 7.47. The topological polar surface area (TPSA) is 63.9 Å². The van der Waals surface area contributed by atoms with Gasteiger partial charge in [-0.1, -0.05) is 37.1 Å². The second-order valence-corrected chi connectivity index (χ2v) is 11.6. The molecule has 4 aliphatic rings. The first-order valence-corrected chi connectivity index (χ1v) is 12.4. The van der Waals surface area contributed by atoms with Gasteiger partial charge in [-0.25, -0.2) is 0 Å². The second kappa shape index (κ2) is 8.69. The average molecular weight is 418 g/mol. The zero-order valence-electron chi connectivity index (χ0n) is 19.3. The van der Waals surface area contributed by atoms with E-state index in [-0.39, 0.29) is 0 Å². The van der Waals surface area contributed by atoms with Crippen LogP contribution in [0.4, 0.5) is 0 Å². The van der Waals surface area contributed by atoms with Crippen LogP contribution in [-0.4, -0.2) is 57.7 Å². The fourth-order valence-corrected chi connectivity index (χ4v) is 7.47. The van der Waals surface area contributed by atoms with Crippen molar-refractivity contribution in [2.75, 3.05) is 19.6 Å². The zero-order chi connectivity index (χ0) is 21.5. The maximum absolute atomic E-state index is 10.3. The Hall–Kier alpha value is -0.680. The molecule has 4 fully saturated rings. The Morgan fingerprint density at radius 3 is 2.50 bits per heavy atom. The summed E-state index contributed by atoms with van der Waals surface area (Å²) in [5, 5.41) is 30.3. The number of aliphatic hydroxyl groups is 3. The highest BCUT2D eigenvalue weighted by Gasteiger charge is 2.51. The van der Waals surface area contributed by atoms with Crippen LogP contribution < -0.4 is 0 Å². The largest absolute Gasteiger partial charge is 0.393 e. The van der Waals surface area contributed by atoms with Gasteiger partial charge in [0.1, 0.15) is 0 Å². The number of aliphatic hydroxyl groups excluding tert-OH is 2. The molecule has 0 aromatic rings. The van der Waals surface area contributed by atoms with Crippen molar-refractivity contribution in [3.8, 4) is 0 Å². The Kier molecular flexibility index (Phi) is 6.52. The minimum Gasteiger partial charge on any atom is -0.393 e. The molecular formula is C26H43NO3. The first-order chi connectivity index (χ1) is 14.2. The van der Waals surface area contributed by atoms with E-state index in [0.717, 1.165) is 32.0 Å². The van der Waals surface area contributed by atoms with Gasteiger partial charge in [0.05, 0.1) is 17.8 Å². The lowest BCUT2D eigenvalue weighted by atomic mass is 9.61. The number of β-amino-alcohol motifs (C(OH)–C–C–N with tert-alkyl or cyclic N) is 1. The number of fused-ring (bicyclic) bond motifs is 1. The predicted octanol–water partition coefficient (Wildman–Crippen LogP) is 4.05. The number of likely N-dealkylation sites (tertiary alicyclic amines) is 1. The summed E-state index contributed by atoms with van der Waals surface area (Å²) in [7, 11) is 0. The molecule has 0 aromatic carbocycles. The normalized spacial score (nSPS) is 46.5. The zero-order valence-corrected chi connectivity index (χ0v) is 19.3. The van der Waals surface area contributed by atoms with Gasteiger partial charge in [-0.3, -0.25) is 0 Å². The van der Waals surface area contributed by atoms with Gasteiger partial charge < -0.3 is 20.2 Å². The van der Waals surface area contributed by atoms with Crippen LogP contribution in [0.25, 0.3) is 0 Å². The molecule has 4 heteroatoms. The molecule has 1 unspecified atom stereocenters. The van der Waals surface area contributed by atoms with Gasteiger partial charge in [0.15, 0.2) is 0 Å². The molecule has 1 aliphatic heterocycles. The van der Waals surface area contributed by atoms with Crippen molar-refractivity contribution in [3.05, 3.63) is 23.3 Å². The molecule has 3 N–H and O–H groups in total. The maximum Gasteiger partial charge on any atom is 0.0758 e. The molecule has 0 amide bonds. The van der Waals surface area contributed by atoms with Crippen molar-refractivity contribution in [2.24, 2.45) is 23.2 Å². The van der Waals surface area contributed by atoms with E-state index in [2.05, 4.69) is 30.9 Å². The molecule has 7 atom stereocenters. The van der Waals surface area contributed by atoms with Crippen molar-refractivity contribution < 1.29 is 15.3 Å². The summed E-state index contributed by atoms with van der Waals surface area (Å²) in [5.74, 6) is 2.09. The number of hydrogen-bond donors (Lipinski definition) is 3. The molecule has 1 heterocycles. The van der Waals surface area contributed by atoms with E-state index in [0.29, 0.717) is 36.5 Å². The molecule has 4 nitrogen and oxygen atoms in total. The Balaban J connectivity index is 1.44. The highest BCUT2D eigenvalue weighted by molar-refractivity contribution is 5.26. The van der Waals surface area contributed by atoms with Crippen molar-refractivity contribution in [3.63, 3.8) is 0 Å². The van der Waals surface area contributed by atoms with Crippen LogP contribution in [0.1, 0.15) is 78.6 Å². The summed E-state index contributed by atoms with van der Waals surface area (Å²) < 4.78 is 0. The molecule has 30 heavy (non-hydrogen) atoms. The fraction of sp³-hybridized carbons (Fsp3) is 0.846. The SMILES string of the molecule is CC(CN1CC[C@@](C)(O)C1)[C@H]1CC[C@H]2/C(=C/C=C3/C[C@@H](O)C[C@@H](O)C3)CCC[C@]12C. The lowest BCUT2D eigenvalue weighted by Crippen LogP contribution is -2.40. The first-order valence-electron chi connectivity index (χ1n) is 12.4. The van der Waals surface area contributed by atoms with Crippen LogP contribution in [0.2, 0.25) is 0 Å². The van der Waals surface area contributed by atoms with Gasteiger partial charge in [0, 0.05) is 19.6 Å². The van der Waals surface area contributed by atoms with Crippen LogP contribution in [-0.2, 0) is 0 Å². The summed E-state index contributed by atoms with van der Waals surface area (Å²) in [5.41, 5.74) is 2.68. The molecule has 0 aromatic heterocycles. The number of nitrogens with zero attached hydrogens (tertiary/aromatic N) is 1. The molecule has 0 radical (unpaired) electrons. The summed E-state index contributed by atoms with van der Waals surface area (Å²) in [6, 6.07) is 0. The van der Waals surface area contributed by atoms with Crippen LogP contribution in [0, 0.1) is 23.2 Å². The Morgan fingerprint density at radius 1 is 1.10 bits per heavy atom. The lowest BCUT2D eigenvalue weighted by molar-refractivity contribution is 0.0547. The summed E-state index contributed by atoms with van der Waals surface area (Å²) in [6.07, 6.45) is 13.0. The Bertz CT molecular complexity index is 672. The molecule has 1 saturated heterocycles. The molecule has 3 aliphatic carbocycles. The van der Waals surface area contributed by atoms with E-state index in [1.165, 1.54) is 37.7 Å². The van der Waals surface area contributed by atoms with Crippen molar-refractivity contribution in [1.29, 1.82) is 0 Å². The van der Waals surface area contributed by atoms with Gasteiger partial charge in [-0.2, -0.15) is 0 Å². The van der Waals surface area contributed by atoms with Gasteiger partial charge in [0.2, 0.25) is 0 Å². The number of allylic oxidation sites excluding steroid dienone is 3. The first kappa shape index (κ1) is 22.5.